The monoisotopic (exact) mass is 249 g/mol. The molecule has 100 valence electrons. The molecule has 0 aliphatic heterocycles. The van der Waals surface area contributed by atoms with Gasteiger partial charge in [0, 0.05) is 18.4 Å². The van der Waals surface area contributed by atoms with Gasteiger partial charge in [-0.2, -0.15) is 5.10 Å². The van der Waals surface area contributed by atoms with Crippen LogP contribution in [0.4, 0.5) is 0 Å². The van der Waals surface area contributed by atoms with Gasteiger partial charge in [0.05, 0.1) is 0 Å². The summed E-state index contributed by atoms with van der Waals surface area (Å²) in [6.07, 6.45) is 7.13. The Morgan fingerprint density at radius 1 is 1.44 bits per heavy atom. The van der Waals surface area contributed by atoms with Crippen molar-refractivity contribution in [1.82, 2.24) is 15.1 Å². The lowest BCUT2D eigenvalue weighted by atomic mass is 9.78. The Morgan fingerprint density at radius 2 is 2.22 bits per heavy atom. The quantitative estimate of drug-likeness (QED) is 0.894. The van der Waals surface area contributed by atoms with Crippen molar-refractivity contribution >= 4 is 5.91 Å². The molecule has 18 heavy (non-hydrogen) atoms. The van der Waals surface area contributed by atoms with Crippen LogP contribution in [0.25, 0.3) is 0 Å². The first kappa shape index (κ1) is 13.1. The van der Waals surface area contributed by atoms with Gasteiger partial charge in [0.15, 0.2) is 0 Å². The van der Waals surface area contributed by atoms with Gasteiger partial charge in [-0.25, -0.2) is 0 Å². The highest BCUT2D eigenvalue weighted by atomic mass is 16.2. The van der Waals surface area contributed by atoms with E-state index in [4.69, 9.17) is 0 Å². The highest BCUT2D eigenvalue weighted by molar-refractivity contribution is 5.80. The first-order valence-corrected chi connectivity index (χ1v) is 6.89. The normalized spacial score (nSPS) is 29.8. The van der Waals surface area contributed by atoms with Crippen LogP contribution in [0.2, 0.25) is 0 Å². The Balaban J connectivity index is 1.94. The summed E-state index contributed by atoms with van der Waals surface area (Å²) in [6, 6.07) is 1.93. The summed E-state index contributed by atoms with van der Waals surface area (Å²) >= 11 is 0. The van der Waals surface area contributed by atoms with Gasteiger partial charge in [0.25, 0.3) is 0 Å². The fraction of sp³-hybridized carbons (Fsp3) is 0.714. The maximum Gasteiger partial charge on any atom is 0.244 e. The summed E-state index contributed by atoms with van der Waals surface area (Å²) in [7, 11) is 0. The van der Waals surface area contributed by atoms with Gasteiger partial charge in [-0.3, -0.25) is 9.48 Å². The summed E-state index contributed by atoms with van der Waals surface area (Å²) in [6.45, 7) is 6.41. The maximum absolute atomic E-state index is 12.2. The van der Waals surface area contributed by atoms with Crippen molar-refractivity contribution in [1.29, 1.82) is 0 Å². The summed E-state index contributed by atoms with van der Waals surface area (Å²) in [5, 5.41) is 7.31. The molecule has 1 saturated carbocycles. The second-order valence-electron chi connectivity index (χ2n) is 5.54. The maximum atomic E-state index is 12.2. The number of nitrogens with zero attached hydrogens (tertiary/aromatic N) is 2. The van der Waals surface area contributed by atoms with E-state index < -0.39 is 0 Å². The average molecular weight is 249 g/mol. The van der Waals surface area contributed by atoms with E-state index in [2.05, 4.69) is 24.3 Å². The molecule has 4 atom stereocenters. The second-order valence-corrected chi connectivity index (χ2v) is 5.54. The zero-order valence-corrected chi connectivity index (χ0v) is 11.5. The zero-order chi connectivity index (χ0) is 13.1. The van der Waals surface area contributed by atoms with Crippen molar-refractivity contribution in [3.63, 3.8) is 0 Å². The molecule has 1 amide bonds. The highest BCUT2D eigenvalue weighted by Crippen LogP contribution is 2.29. The van der Waals surface area contributed by atoms with Crippen LogP contribution in [-0.2, 0) is 4.79 Å². The van der Waals surface area contributed by atoms with E-state index in [-0.39, 0.29) is 11.9 Å². The first-order valence-electron chi connectivity index (χ1n) is 6.89. The smallest absolute Gasteiger partial charge is 0.244 e. The van der Waals surface area contributed by atoms with Crippen molar-refractivity contribution in [3.05, 3.63) is 18.5 Å². The molecule has 1 heterocycles. The van der Waals surface area contributed by atoms with E-state index in [9.17, 15) is 4.79 Å². The van der Waals surface area contributed by atoms with Gasteiger partial charge in [-0.05, 0) is 31.2 Å². The average Bonchev–Trinajstić information content (AvgIpc) is 2.87. The number of nitrogens with one attached hydrogen (secondary N) is 1. The van der Waals surface area contributed by atoms with Crippen LogP contribution in [0.1, 0.15) is 46.1 Å². The van der Waals surface area contributed by atoms with Crippen LogP contribution >= 0.6 is 0 Å². The molecule has 0 saturated heterocycles. The Morgan fingerprint density at radius 3 is 2.89 bits per heavy atom. The van der Waals surface area contributed by atoms with E-state index in [1.54, 1.807) is 10.9 Å². The minimum absolute atomic E-state index is 0.0738. The lowest BCUT2D eigenvalue weighted by Gasteiger charge is -2.35. The fourth-order valence-corrected chi connectivity index (χ4v) is 2.72. The number of amides is 1. The predicted molar refractivity (Wildman–Crippen MR) is 71.0 cm³/mol. The van der Waals surface area contributed by atoms with Crippen LogP contribution in [0, 0.1) is 11.8 Å². The number of rotatable bonds is 3. The second kappa shape index (κ2) is 5.55. The minimum Gasteiger partial charge on any atom is -0.351 e. The van der Waals surface area contributed by atoms with Crippen molar-refractivity contribution < 1.29 is 4.79 Å². The molecular weight excluding hydrogens is 226 g/mol. The number of aromatic nitrogens is 2. The number of carbonyl (C=O) groups is 1. The van der Waals surface area contributed by atoms with Gasteiger partial charge < -0.3 is 5.32 Å². The van der Waals surface area contributed by atoms with E-state index >= 15 is 0 Å². The minimum atomic E-state index is -0.232. The van der Waals surface area contributed by atoms with Crippen LogP contribution in [0.15, 0.2) is 18.5 Å². The Bertz CT molecular complexity index is 388. The topological polar surface area (TPSA) is 46.9 Å². The predicted octanol–water partition coefficient (Wildman–Crippen LogP) is 2.39. The SMILES string of the molecule is CC1CCCC(NC(=O)C(C)n2cccn2)C1C. The Kier molecular flexibility index (Phi) is 4.04. The molecule has 1 aromatic rings. The third kappa shape index (κ3) is 2.74. The standard InChI is InChI=1S/C14H23N3O/c1-10-6-4-7-13(11(10)2)16-14(18)12(3)17-9-5-8-15-17/h5,8-13H,4,6-7H2,1-3H3,(H,16,18). The summed E-state index contributed by atoms with van der Waals surface area (Å²) in [5.41, 5.74) is 0. The van der Waals surface area contributed by atoms with E-state index in [0.29, 0.717) is 17.9 Å². The van der Waals surface area contributed by atoms with Gasteiger partial charge in [0.1, 0.15) is 6.04 Å². The molecule has 4 nitrogen and oxygen atoms in total. The molecule has 0 bridgehead atoms. The third-order valence-corrected chi connectivity index (χ3v) is 4.34. The van der Waals surface area contributed by atoms with Crippen LogP contribution in [0.5, 0.6) is 0 Å². The molecule has 4 heteroatoms. The van der Waals surface area contributed by atoms with E-state index in [1.165, 1.54) is 12.8 Å². The van der Waals surface area contributed by atoms with Crippen LogP contribution in [-0.4, -0.2) is 21.7 Å². The summed E-state index contributed by atoms with van der Waals surface area (Å²) in [4.78, 5) is 12.2. The summed E-state index contributed by atoms with van der Waals surface area (Å²) < 4.78 is 1.70. The lowest BCUT2D eigenvalue weighted by molar-refractivity contribution is -0.125. The number of carbonyl (C=O) groups excluding carboxylic acids is 1. The van der Waals surface area contributed by atoms with Gasteiger partial charge in [0.2, 0.25) is 5.91 Å². The largest absolute Gasteiger partial charge is 0.351 e. The molecule has 1 aliphatic carbocycles. The highest BCUT2D eigenvalue weighted by Gasteiger charge is 2.29. The Hall–Kier alpha value is -1.32. The molecule has 0 radical (unpaired) electrons. The van der Waals surface area contributed by atoms with Crippen LogP contribution < -0.4 is 5.32 Å². The lowest BCUT2D eigenvalue weighted by Crippen LogP contribution is -2.45. The van der Waals surface area contributed by atoms with Gasteiger partial charge in [-0.15, -0.1) is 0 Å². The molecule has 1 aromatic heterocycles. The number of hydrogen-bond donors (Lipinski definition) is 1. The third-order valence-electron chi connectivity index (χ3n) is 4.34. The molecule has 4 unspecified atom stereocenters. The molecule has 0 aromatic carbocycles. The first-order chi connectivity index (χ1) is 8.59. The number of hydrogen-bond acceptors (Lipinski definition) is 2. The molecule has 0 spiro atoms. The van der Waals surface area contributed by atoms with Gasteiger partial charge >= 0.3 is 0 Å². The van der Waals surface area contributed by atoms with E-state index in [1.807, 2.05) is 19.2 Å². The van der Waals surface area contributed by atoms with Crippen molar-refractivity contribution in [2.24, 2.45) is 11.8 Å². The van der Waals surface area contributed by atoms with Crippen molar-refractivity contribution in [3.8, 4) is 0 Å². The summed E-state index contributed by atoms with van der Waals surface area (Å²) in [5.74, 6) is 1.33. The molecular formula is C14H23N3O. The van der Waals surface area contributed by atoms with Crippen molar-refractivity contribution in [2.75, 3.05) is 0 Å². The molecule has 1 N–H and O–H groups in total. The molecule has 1 fully saturated rings. The molecule has 2 rings (SSSR count). The van der Waals surface area contributed by atoms with Crippen molar-refractivity contribution in [2.45, 2.75) is 52.1 Å². The Labute approximate surface area is 109 Å². The van der Waals surface area contributed by atoms with E-state index in [0.717, 1.165) is 6.42 Å². The van der Waals surface area contributed by atoms with Crippen LogP contribution in [0.3, 0.4) is 0 Å². The van der Waals surface area contributed by atoms with Gasteiger partial charge in [-0.1, -0.05) is 26.7 Å². The fourth-order valence-electron chi connectivity index (χ4n) is 2.72. The molecule has 1 aliphatic rings. The zero-order valence-electron chi connectivity index (χ0n) is 11.5.